The molecule has 6 aromatic heterocycles. The Labute approximate surface area is 525 Å². The number of anilines is 6. The Morgan fingerprint density at radius 3 is 1.08 bits per heavy atom. The van der Waals surface area contributed by atoms with Crippen LogP contribution in [0.15, 0.2) is 312 Å². The molecule has 21 aromatic rings. The predicted octanol–water partition coefficient (Wildman–Crippen LogP) is 24.4. The lowest BCUT2D eigenvalue weighted by Crippen LogP contribution is -2.12. The Bertz CT molecular complexity index is 6240. The summed E-state index contributed by atoms with van der Waals surface area (Å²) in [5.74, 6) is 0. The van der Waals surface area contributed by atoms with Crippen LogP contribution in [-0.2, 0) is 0 Å². The minimum atomic E-state index is 0.840. The van der Waals surface area contributed by atoms with Gasteiger partial charge in [0, 0.05) is 86.5 Å². The van der Waals surface area contributed by atoms with E-state index in [1.807, 2.05) is 0 Å². The highest BCUT2D eigenvalue weighted by atomic mass is 16.3. The smallest absolute Gasteiger partial charge is 0.159 e. The highest BCUT2D eigenvalue weighted by Crippen LogP contribution is 2.56. The van der Waals surface area contributed by atoms with Crippen LogP contribution >= 0.6 is 0 Å². The van der Waals surface area contributed by atoms with Gasteiger partial charge in [-0.2, -0.15) is 0 Å². The molecule has 6 heteroatoms. The van der Waals surface area contributed by atoms with Crippen LogP contribution in [0.5, 0.6) is 0 Å². The third kappa shape index (κ3) is 6.66. The Morgan fingerprint density at radius 2 is 0.620 bits per heavy atom. The van der Waals surface area contributed by atoms with Crippen LogP contribution in [0.2, 0.25) is 0 Å². The Kier molecular flexibility index (Phi) is 10.0. The van der Waals surface area contributed by atoms with E-state index in [1.54, 1.807) is 0 Å². The lowest BCUT2D eigenvalue weighted by Gasteiger charge is -2.30. The third-order valence-electron chi connectivity index (χ3n) is 19.9. The summed E-state index contributed by atoms with van der Waals surface area (Å²) in [6, 6.07) is 111. The van der Waals surface area contributed by atoms with E-state index in [4.69, 9.17) is 8.83 Å². The van der Waals surface area contributed by atoms with Crippen molar-refractivity contribution in [3.8, 4) is 22.3 Å². The average molecular weight is 1170 g/mol. The standard InChI is InChI=1S/C86H50N4O2/c1-3-21-51(22-4-1)57-43-41-53-25-7-9-27-55(53)81(57)89(73-37-19-33-63-59-29-13-17-39-77(59)91-85(63)73)71-47-45-61-67-49-76-68(50-75(67)87-69-35-15-11-31-65(69)79(71)83(61)87)62-46-48-72(80-66-32-12-16-36-70(66)88(76)84(62)80)90(74-38-20-34-64-60-30-14-18-40-78(60)92-86(64)74)82-56-28-10-8-26-54(56)42-44-58(82)52-23-5-2-6-24-52/h1-50H. The minimum Gasteiger partial charge on any atom is -0.454 e. The van der Waals surface area contributed by atoms with Crippen LogP contribution in [0.1, 0.15) is 0 Å². The van der Waals surface area contributed by atoms with E-state index in [-0.39, 0.29) is 0 Å². The molecule has 0 saturated carbocycles. The first-order chi connectivity index (χ1) is 45.7. The fourth-order valence-electron chi connectivity index (χ4n) is 16.1. The fraction of sp³-hybridized carbons (Fsp3) is 0. The molecule has 0 aliphatic rings. The van der Waals surface area contributed by atoms with Gasteiger partial charge in [-0.1, -0.05) is 243 Å². The number of fused-ring (bicyclic) bond motifs is 20. The number of nitrogens with zero attached hydrogens (tertiary/aromatic N) is 4. The number of furan rings is 2. The van der Waals surface area contributed by atoms with E-state index in [9.17, 15) is 0 Å². The van der Waals surface area contributed by atoms with Gasteiger partial charge in [0.1, 0.15) is 11.2 Å². The molecule has 0 saturated heterocycles. The van der Waals surface area contributed by atoms with Crippen molar-refractivity contribution in [3.63, 3.8) is 0 Å². The Balaban J connectivity index is 0.864. The second-order valence-corrected chi connectivity index (χ2v) is 24.6. The predicted molar refractivity (Wildman–Crippen MR) is 386 cm³/mol. The lowest BCUT2D eigenvalue weighted by molar-refractivity contribution is 0.669. The van der Waals surface area contributed by atoms with Crippen molar-refractivity contribution < 1.29 is 8.83 Å². The number of hydrogen-bond donors (Lipinski definition) is 0. The highest BCUT2D eigenvalue weighted by molar-refractivity contribution is 6.33. The summed E-state index contributed by atoms with van der Waals surface area (Å²) in [5, 5.41) is 18.4. The molecule has 0 fully saturated rings. The molecule has 0 unspecified atom stereocenters. The average Bonchev–Trinajstić information content (AvgIpc) is 1.51. The zero-order valence-electron chi connectivity index (χ0n) is 49.5. The van der Waals surface area contributed by atoms with Gasteiger partial charge in [-0.05, 0) is 82.6 Å². The van der Waals surface area contributed by atoms with E-state index < -0.39 is 0 Å². The molecule has 15 aromatic carbocycles. The number of rotatable bonds is 8. The van der Waals surface area contributed by atoms with Gasteiger partial charge in [0.25, 0.3) is 0 Å². The molecule has 0 aliphatic carbocycles. The summed E-state index contributed by atoms with van der Waals surface area (Å²) in [5.41, 5.74) is 21.2. The fourth-order valence-corrected chi connectivity index (χ4v) is 16.1. The summed E-state index contributed by atoms with van der Waals surface area (Å²) >= 11 is 0. The van der Waals surface area contributed by atoms with Gasteiger partial charge in [0.15, 0.2) is 11.2 Å². The van der Waals surface area contributed by atoms with Gasteiger partial charge in [-0.25, -0.2) is 0 Å². The molecule has 0 spiro atoms. The maximum atomic E-state index is 7.06. The van der Waals surface area contributed by atoms with Crippen molar-refractivity contribution in [2.75, 3.05) is 9.80 Å². The summed E-state index contributed by atoms with van der Waals surface area (Å²) < 4.78 is 19.2. The first kappa shape index (κ1) is 49.6. The van der Waals surface area contributed by atoms with Crippen molar-refractivity contribution in [1.29, 1.82) is 0 Å². The molecule has 0 radical (unpaired) electrons. The van der Waals surface area contributed by atoms with Gasteiger partial charge < -0.3 is 27.4 Å². The van der Waals surface area contributed by atoms with Crippen LogP contribution < -0.4 is 9.80 Å². The molecule has 6 nitrogen and oxygen atoms in total. The molecule has 426 valence electrons. The summed E-state index contributed by atoms with van der Waals surface area (Å²) in [6.07, 6.45) is 0. The van der Waals surface area contributed by atoms with Gasteiger partial charge >= 0.3 is 0 Å². The van der Waals surface area contributed by atoms with Crippen LogP contribution in [0.25, 0.3) is 164 Å². The van der Waals surface area contributed by atoms with Gasteiger partial charge in [-0.15, -0.1) is 0 Å². The molecule has 0 aliphatic heterocycles. The van der Waals surface area contributed by atoms with Crippen molar-refractivity contribution in [2.24, 2.45) is 0 Å². The van der Waals surface area contributed by atoms with Gasteiger partial charge in [0.05, 0.1) is 67.2 Å². The van der Waals surface area contributed by atoms with E-state index >= 15 is 0 Å². The minimum absolute atomic E-state index is 0.840. The Morgan fingerprint density at radius 1 is 0.239 bits per heavy atom. The third-order valence-corrected chi connectivity index (χ3v) is 19.9. The largest absolute Gasteiger partial charge is 0.454 e. The molecule has 6 heterocycles. The topological polar surface area (TPSA) is 41.6 Å². The summed E-state index contributed by atoms with van der Waals surface area (Å²) in [6.45, 7) is 0. The Hall–Kier alpha value is -12.4. The SMILES string of the molecule is c1ccc(-c2ccc3ccccc3c2N(c2cccc3c2oc2ccccc23)c2ccc3c4cc5c(cc4n4c6ccccc6c2c34)c2ccc(N(c3c(-c4ccccc4)ccc4ccccc34)c3cccc4c3oc3ccccc34)c3c4ccccc4n5c23)cc1. The molecule has 0 atom stereocenters. The zero-order chi connectivity index (χ0) is 59.9. The summed E-state index contributed by atoms with van der Waals surface area (Å²) in [4.78, 5) is 5.04. The molecular formula is C86H50N4O2. The first-order valence-corrected chi connectivity index (χ1v) is 31.6. The lowest BCUT2D eigenvalue weighted by atomic mass is 9.95. The molecule has 0 amide bonds. The molecule has 0 N–H and O–H groups in total. The number of para-hydroxylation sites is 6. The highest BCUT2D eigenvalue weighted by Gasteiger charge is 2.32. The molecular weight excluding hydrogens is 1120 g/mol. The summed E-state index contributed by atoms with van der Waals surface area (Å²) in [7, 11) is 0. The van der Waals surface area contributed by atoms with Crippen molar-refractivity contribution in [3.05, 3.63) is 303 Å². The molecule has 0 bridgehead atoms. The van der Waals surface area contributed by atoms with E-state index in [2.05, 4.69) is 322 Å². The second-order valence-electron chi connectivity index (χ2n) is 24.6. The quantitative estimate of drug-likeness (QED) is 0.152. The van der Waals surface area contributed by atoms with Gasteiger partial charge in [0.2, 0.25) is 0 Å². The van der Waals surface area contributed by atoms with Crippen molar-refractivity contribution in [1.82, 2.24) is 8.80 Å². The van der Waals surface area contributed by atoms with E-state index in [0.29, 0.717) is 0 Å². The maximum Gasteiger partial charge on any atom is 0.159 e. The normalized spacial score (nSPS) is 12.3. The first-order valence-electron chi connectivity index (χ1n) is 31.6. The number of aromatic nitrogens is 2. The maximum absolute atomic E-state index is 7.06. The number of hydrogen-bond acceptors (Lipinski definition) is 4. The van der Waals surface area contributed by atoms with Crippen LogP contribution in [0, 0.1) is 0 Å². The molecule has 21 rings (SSSR count). The van der Waals surface area contributed by atoms with E-state index in [0.717, 1.165) is 144 Å². The molecule has 92 heavy (non-hydrogen) atoms. The van der Waals surface area contributed by atoms with Crippen molar-refractivity contribution in [2.45, 2.75) is 0 Å². The zero-order valence-corrected chi connectivity index (χ0v) is 49.5. The van der Waals surface area contributed by atoms with Crippen molar-refractivity contribution >= 4 is 176 Å². The number of benzene rings is 15. The van der Waals surface area contributed by atoms with Crippen LogP contribution in [0.4, 0.5) is 34.1 Å². The van der Waals surface area contributed by atoms with Crippen LogP contribution in [0.3, 0.4) is 0 Å². The monoisotopic (exact) mass is 1170 g/mol. The van der Waals surface area contributed by atoms with E-state index in [1.165, 1.54) is 54.1 Å². The second kappa shape index (κ2) is 18.6. The van der Waals surface area contributed by atoms with Crippen LogP contribution in [-0.4, -0.2) is 8.80 Å². The van der Waals surface area contributed by atoms with Gasteiger partial charge in [-0.3, -0.25) is 0 Å².